The zero-order valence-corrected chi connectivity index (χ0v) is 20.5. The third-order valence-electron chi connectivity index (χ3n) is 6.20. The van der Waals surface area contributed by atoms with Crippen molar-refractivity contribution in [3.63, 3.8) is 0 Å². The summed E-state index contributed by atoms with van der Waals surface area (Å²) in [7, 11) is 1.68. The molecule has 38 heavy (non-hydrogen) atoms. The number of rotatable bonds is 8. The number of aryl methyl sites for hydroxylation is 1. The van der Waals surface area contributed by atoms with Crippen LogP contribution in [0.3, 0.4) is 0 Å². The summed E-state index contributed by atoms with van der Waals surface area (Å²) in [6.45, 7) is 1.66. The highest BCUT2D eigenvalue weighted by atomic mass is 16.4. The van der Waals surface area contributed by atoms with Gasteiger partial charge in [0, 0.05) is 25.3 Å². The number of fused-ring (bicyclic) bond motifs is 1. The van der Waals surface area contributed by atoms with Gasteiger partial charge in [0.25, 0.3) is 11.4 Å². The van der Waals surface area contributed by atoms with Crippen LogP contribution in [0.2, 0.25) is 0 Å². The number of nitrogens with zero attached hydrogens (tertiary/aromatic N) is 5. The lowest BCUT2D eigenvalue weighted by Crippen LogP contribution is -2.31. The minimum Gasteiger partial charge on any atom is -0.451 e. The van der Waals surface area contributed by atoms with Crippen LogP contribution in [0.5, 0.6) is 0 Å². The van der Waals surface area contributed by atoms with Gasteiger partial charge in [0.1, 0.15) is 11.3 Å². The summed E-state index contributed by atoms with van der Waals surface area (Å²) in [5.41, 5.74) is 1.28. The normalized spacial score (nSPS) is 11.8. The Morgan fingerprint density at radius 3 is 2.55 bits per heavy atom. The van der Waals surface area contributed by atoms with Crippen LogP contribution in [0.25, 0.3) is 28.3 Å². The van der Waals surface area contributed by atoms with Crippen molar-refractivity contribution in [1.82, 2.24) is 19.6 Å². The van der Waals surface area contributed by atoms with Gasteiger partial charge in [-0.15, -0.1) is 10.2 Å². The maximum Gasteiger partial charge on any atom is 0.295 e. The van der Waals surface area contributed by atoms with E-state index in [1.165, 1.54) is 4.68 Å². The fourth-order valence-corrected chi connectivity index (χ4v) is 4.10. The smallest absolute Gasteiger partial charge is 0.295 e. The Morgan fingerprint density at radius 1 is 1.08 bits per heavy atom. The highest BCUT2D eigenvalue weighted by molar-refractivity contribution is 6.09. The van der Waals surface area contributed by atoms with Gasteiger partial charge in [-0.1, -0.05) is 36.4 Å². The van der Waals surface area contributed by atoms with Gasteiger partial charge in [-0.25, -0.2) is 4.68 Å². The van der Waals surface area contributed by atoms with Crippen molar-refractivity contribution in [3.05, 3.63) is 82.6 Å². The molecule has 0 bridgehead atoms. The van der Waals surface area contributed by atoms with E-state index < -0.39 is 23.2 Å². The summed E-state index contributed by atoms with van der Waals surface area (Å²) in [6, 6.07) is 19.8. The molecular weight excluding hydrogens is 488 g/mol. The van der Waals surface area contributed by atoms with Crippen LogP contribution < -0.4 is 10.9 Å². The van der Waals surface area contributed by atoms with E-state index in [-0.39, 0.29) is 30.3 Å². The molecule has 0 spiro atoms. The number of aromatic nitrogens is 4. The molecule has 0 saturated heterocycles. The van der Waals surface area contributed by atoms with Gasteiger partial charge < -0.3 is 14.2 Å². The van der Waals surface area contributed by atoms with Gasteiger partial charge in [-0.2, -0.15) is 5.26 Å². The molecule has 190 valence electrons. The van der Waals surface area contributed by atoms with Gasteiger partial charge >= 0.3 is 0 Å². The zero-order chi connectivity index (χ0) is 26.8. The second-order valence-electron chi connectivity index (χ2n) is 8.60. The molecule has 1 N–H and O–H groups in total. The molecule has 0 fully saturated rings. The third-order valence-corrected chi connectivity index (χ3v) is 6.20. The Balaban J connectivity index is 1.26. The van der Waals surface area contributed by atoms with Gasteiger partial charge in [-0.05, 0) is 31.2 Å². The SMILES string of the molecule is Cc1c(NC(=O)C(C#N)C(=O)CCc2nnc(-c3cc4ccccc4o3)o2)c(=O)n(-c2ccccc2)n1C. The summed E-state index contributed by atoms with van der Waals surface area (Å²) in [6.07, 6.45) is -0.155. The Hall–Kier alpha value is -5.24. The average molecular weight is 511 g/mol. The lowest BCUT2D eigenvalue weighted by Gasteiger charge is -2.08. The molecule has 1 unspecified atom stereocenters. The van der Waals surface area contributed by atoms with Crippen molar-refractivity contribution >= 4 is 28.3 Å². The van der Waals surface area contributed by atoms with E-state index in [2.05, 4.69) is 15.5 Å². The van der Waals surface area contributed by atoms with Crippen molar-refractivity contribution in [2.45, 2.75) is 19.8 Å². The first kappa shape index (κ1) is 24.5. The van der Waals surface area contributed by atoms with Gasteiger partial charge in [-0.3, -0.25) is 19.1 Å². The van der Waals surface area contributed by atoms with Crippen LogP contribution in [0.1, 0.15) is 18.0 Å². The predicted octanol–water partition coefficient (Wildman–Crippen LogP) is 3.56. The van der Waals surface area contributed by atoms with Crippen LogP contribution in [-0.4, -0.2) is 31.3 Å². The number of benzene rings is 2. The first-order valence-electron chi connectivity index (χ1n) is 11.8. The zero-order valence-electron chi connectivity index (χ0n) is 20.5. The predicted molar refractivity (Wildman–Crippen MR) is 136 cm³/mol. The summed E-state index contributed by atoms with van der Waals surface area (Å²) >= 11 is 0. The average Bonchev–Trinajstić information content (AvgIpc) is 3.62. The molecule has 0 aliphatic heterocycles. The third kappa shape index (κ3) is 4.51. The van der Waals surface area contributed by atoms with E-state index in [0.717, 1.165) is 5.39 Å². The van der Waals surface area contributed by atoms with Crippen molar-refractivity contribution in [1.29, 1.82) is 5.26 Å². The highest BCUT2D eigenvalue weighted by Crippen LogP contribution is 2.27. The molecule has 3 aromatic heterocycles. The molecule has 0 aliphatic rings. The molecule has 1 atom stereocenters. The lowest BCUT2D eigenvalue weighted by atomic mass is 10.0. The van der Waals surface area contributed by atoms with Gasteiger partial charge in [0.2, 0.25) is 11.8 Å². The monoisotopic (exact) mass is 510 g/mol. The molecule has 11 nitrogen and oxygen atoms in total. The van der Waals surface area contributed by atoms with Gasteiger partial charge in [0.15, 0.2) is 17.5 Å². The van der Waals surface area contributed by atoms with Crippen LogP contribution in [0.15, 0.2) is 74.3 Å². The van der Waals surface area contributed by atoms with Crippen molar-refractivity contribution in [2.75, 3.05) is 5.32 Å². The minimum absolute atomic E-state index is 0.00165. The number of Topliss-reactive ketones (excluding diaryl/α,β-unsaturated/α-hetero) is 1. The largest absolute Gasteiger partial charge is 0.451 e. The van der Waals surface area contributed by atoms with E-state index in [4.69, 9.17) is 8.83 Å². The topological polar surface area (TPSA) is 149 Å². The molecule has 5 rings (SSSR count). The highest BCUT2D eigenvalue weighted by Gasteiger charge is 2.29. The number of carbonyl (C=O) groups excluding carboxylic acids is 2. The summed E-state index contributed by atoms with van der Waals surface area (Å²) < 4.78 is 14.3. The van der Waals surface area contributed by atoms with E-state index >= 15 is 0 Å². The second-order valence-corrected chi connectivity index (χ2v) is 8.60. The molecule has 5 aromatic rings. The number of ketones is 1. The van der Waals surface area contributed by atoms with Crippen molar-refractivity contribution < 1.29 is 18.4 Å². The maximum absolute atomic E-state index is 13.0. The summed E-state index contributed by atoms with van der Waals surface area (Å²) in [5, 5.41) is 20.8. The van der Waals surface area contributed by atoms with E-state index in [1.54, 1.807) is 55.1 Å². The molecule has 11 heteroatoms. The second kappa shape index (κ2) is 10.0. The van der Waals surface area contributed by atoms with E-state index in [1.807, 2.05) is 30.3 Å². The summed E-state index contributed by atoms with van der Waals surface area (Å²) in [5.74, 6) is -2.41. The maximum atomic E-state index is 13.0. The Labute approximate surface area is 215 Å². The van der Waals surface area contributed by atoms with Crippen molar-refractivity contribution in [2.24, 2.45) is 13.0 Å². The first-order chi connectivity index (χ1) is 18.4. The number of para-hydroxylation sites is 2. The van der Waals surface area contributed by atoms with Crippen LogP contribution >= 0.6 is 0 Å². The standard InChI is InChI=1S/C27H22N6O5/c1-16-24(27(36)33(32(16)2)18-9-4-3-5-10-18)29-25(35)19(15-28)20(34)12-13-23-30-31-26(38-23)22-14-17-8-6-7-11-21(17)37-22/h3-11,14,19H,12-13H2,1-2H3,(H,29,35). The van der Waals surface area contributed by atoms with E-state index in [0.29, 0.717) is 22.7 Å². The number of amides is 1. The number of hydrogen-bond acceptors (Lipinski definition) is 8. The number of anilines is 1. The van der Waals surface area contributed by atoms with Crippen molar-refractivity contribution in [3.8, 4) is 23.4 Å². The summed E-state index contributed by atoms with van der Waals surface area (Å²) in [4.78, 5) is 38.7. The lowest BCUT2D eigenvalue weighted by molar-refractivity contribution is -0.128. The number of carbonyl (C=O) groups is 2. The Bertz CT molecular complexity index is 1720. The van der Waals surface area contributed by atoms with E-state index in [9.17, 15) is 19.6 Å². The number of nitriles is 1. The molecule has 2 aromatic carbocycles. The number of nitrogens with one attached hydrogen (secondary N) is 1. The molecule has 0 saturated carbocycles. The number of furan rings is 1. The van der Waals surface area contributed by atoms with Crippen LogP contribution in [0.4, 0.5) is 5.69 Å². The van der Waals surface area contributed by atoms with Crippen LogP contribution in [0, 0.1) is 24.2 Å². The fourth-order valence-electron chi connectivity index (χ4n) is 4.10. The molecular formula is C27H22N6O5. The Morgan fingerprint density at radius 2 is 1.82 bits per heavy atom. The minimum atomic E-state index is -1.61. The molecule has 0 aliphatic carbocycles. The fraction of sp³-hybridized carbons (Fsp3) is 0.185. The first-order valence-corrected chi connectivity index (χ1v) is 11.8. The van der Waals surface area contributed by atoms with Gasteiger partial charge in [0.05, 0.1) is 17.5 Å². The Kier molecular flexibility index (Phi) is 6.45. The molecule has 3 heterocycles. The van der Waals surface area contributed by atoms with Crippen LogP contribution in [-0.2, 0) is 23.1 Å². The molecule has 0 radical (unpaired) electrons. The number of hydrogen-bond donors (Lipinski definition) is 1. The quantitative estimate of drug-likeness (QED) is 0.311. The molecule has 1 amide bonds.